The molecular formula is C29H31N5O5. The van der Waals surface area contributed by atoms with Gasteiger partial charge in [0.05, 0.1) is 18.1 Å². The van der Waals surface area contributed by atoms with Gasteiger partial charge in [-0.25, -0.2) is 0 Å². The molecule has 202 valence electrons. The van der Waals surface area contributed by atoms with Gasteiger partial charge in [0.25, 0.3) is 17.5 Å². The van der Waals surface area contributed by atoms with Crippen molar-refractivity contribution in [3.05, 3.63) is 93.5 Å². The van der Waals surface area contributed by atoms with Crippen molar-refractivity contribution in [3.8, 4) is 0 Å². The Bertz CT molecular complexity index is 1350. The SMILES string of the molecule is Cc1ccc(C(=O)N2CCN(c3ccc(NC(=O)c4ccc(N5CCOCC5)c([N+](=O)[O-])c4)cc3)CC2)cc1. The van der Waals surface area contributed by atoms with Crippen LogP contribution >= 0.6 is 0 Å². The number of aryl methyl sites for hydroxylation is 1. The lowest BCUT2D eigenvalue weighted by molar-refractivity contribution is -0.384. The zero-order valence-corrected chi connectivity index (χ0v) is 21.8. The van der Waals surface area contributed by atoms with E-state index in [2.05, 4.69) is 10.2 Å². The number of nitrogens with one attached hydrogen (secondary N) is 1. The third kappa shape index (κ3) is 6.01. The van der Waals surface area contributed by atoms with E-state index in [9.17, 15) is 19.7 Å². The first-order valence-corrected chi connectivity index (χ1v) is 13.0. The molecule has 5 rings (SSSR count). The molecule has 0 saturated carbocycles. The summed E-state index contributed by atoms with van der Waals surface area (Å²) in [6.07, 6.45) is 0. The van der Waals surface area contributed by atoms with Crippen molar-refractivity contribution in [1.82, 2.24) is 4.90 Å². The van der Waals surface area contributed by atoms with E-state index in [0.717, 1.165) is 11.3 Å². The minimum Gasteiger partial charge on any atom is -0.378 e. The lowest BCUT2D eigenvalue weighted by atomic mass is 10.1. The maximum atomic E-state index is 12.9. The van der Waals surface area contributed by atoms with Gasteiger partial charge >= 0.3 is 0 Å². The smallest absolute Gasteiger partial charge is 0.293 e. The Morgan fingerprint density at radius 2 is 1.46 bits per heavy atom. The molecule has 2 saturated heterocycles. The van der Waals surface area contributed by atoms with E-state index in [1.54, 1.807) is 12.1 Å². The van der Waals surface area contributed by atoms with Gasteiger partial charge in [0, 0.05) is 67.8 Å². The lowest BCUT2D eigenvalue weighted by Crippen LogP contribution is -2.48. The van der Waals surface area contributed by atoms with Gasteiger partial charge < -0.3 is 24.8 Å². The Labute approximate surface area is 226 Å². The summed E-state index contributed by atoms with van der Waals surface area (Å²) in [7, 11) is 0. The predicted molar refractivity (Wildman–Crippen MR) is 150 cm³/mol. The van der Waals surface area contributed by atoms with Crippen LogP contribution in [0.5, 0.6) is 0 Å². The molecule has 0 unspecified atom stereocenters. The number of amides is 2. The number of ether oxygens (including phenoxy) is 1. The summed E-state index contributed by atoms with van der Waals surface area (Å²) < 4.78 is 5.34. The molecule has 10 heteroatoms. The van der Waals surface area contributed by atoms with Crippen molar-refractivity contribution >= 4 is 34.6 Å². The number of nitro groups is 1. The molecule has 39 heavy (non-hydrogen) atoms. The second-order valence-electron chi connectivity index (χ2n) is 9.71. The molecular weight excluding hydrogens is 498 g/mol. The van der Waals surface area contributed by atoms with E-state index in [0.29, 0.717) is 69.4 Å². The van der Waals surface area contributed by atoms with Crippen LogP contribution in [0.2, 0.25) is 0 Å². The van der Waals surface area contributed by atoms with Crippen molar-refractivity contribution in [2.45, 2.75) is 6.92 Å². The highest BCUT2D eigenvalue weighted by Gasteiger charge is 2.24. The molecule has 0 spiro atoms. The Morgan fingerprint density at radius 3 is 2.10 bits per heavy atom. The topological polar surface area (TPSA) is 108 Å². The minimum absolute atomic E-state index is 0.0472. The van der Waals surface area contributed by atoms with Gasteiger partial charge in [0.15, 0.2) is 0 Å². The Hall–Kier alpha value is -4.44. The van der Waals surface area contributed by atoms with Crippen LogP contribution in [0.15, 0.2) is 66.7 Å². The number of nitro benzene ring substituents is 1. The zero-order valence-electron chi connectivity index (χ0n) is 21.8. The highest BCUT2D eigenvalue weighted by atomic mass is 16.6. The number of carbonyl (C=O) groups is 2. The van der Waals surface area contributed by atoms with Crippen molar-refractivity contribution in [3.63, 3.8) is 0 Å². The van der Waals surface area contributed by atoms with Gasteiger partial charge in [-0.2, -0.15) is 0 Å². The summed E-state index contributed by atoms with van der Waals surface area (Å²) in [5, 5.41) is 14.5. The third-order valence-corrected chi connectivity index (χ3v) is 7.14. The fourth-order valence-corrected chi connectivity index (χ4v) is 4.89. The number of hydrogen-bond donors (Lipinski definition) is 1. The van der Waals surface area contributed by atoms with E-state index in [4.69, 9.17) is 4.74 Å². The summed E-state index contributed by atoms with van der Waals surface area (Å²) in [5.41, 5.74) is 4.04. The van der Waals surface area contributed by atoms with Crippen LogP contribution in [0.25, 0.3) is 0 Å². The average molecular weight is 530 g/mol. The second kappa shape index (κ2) is 11.5. The molecule has 0 bridgehead atoms. The van der Waals surface area contributed by atoms with Crippen LogP contribution < -0.4 is 15.1 Å². The number of rotatable bonds is 6. The van der Waals surface area contributed by atoms with Crippen molar-refractivity contribution in [1.29, 1.82) is 0 Å². The molecule has 0 aromatic heterocycles. The number of morpholine rings is 1. The molecule has 0 aliphatic carbocycles. The highest BCUT2D eigenvalue weighted by molar-refractivity contribution is 6.05. The summed E-state index contributed by atoms with van der Waals surface area (Å²) in [5.74, 6) is -0.367. The van der Waals surface area contributed by atoms with Crippen LogP contribution in [-0.4, -0.2) is 74.1 Å². The van der Waals surface area contributed by atoms with Gasteiger partial charge in [-0.05, 0) is 55.5 Å². The monoisotopic (exact) mass is 529 g/mol. The molecule has 3 aromatic rings. The number of nitrogens with zero attached hydrogens (tertiary/aromatic N) is 4. The average Bonchev–Trinajstić information content (AvgIpc) is 2.98. The van der Waals surface area contributed by atoms with Crippen LogP contribution in [0.4, 0.5) is 22.7 Å². The molecule has 2 aliphatic heterocycles. The normalized spacial score (nSPS) is 15.7. The summed E-state index contributed by atoms with van der Waals surface area (Å²) in [6.45, 7) is 6.83. The molecule has 2 amide bonds. The number of carbonyl (C=O) groups excluding carboxylic acids is 2. The minimum atomic E-state index is -0.454. The fourth-order valence-electron chi connectivity index (χ4n) is 4.89. The first kappa shape index (κ1) is 26.2. The van der Waals surface area contributed by atoms with Crippen molar-refractivity contribution in [2.75, 3.05) is 67.6 Å². The molecule has 0 atom stereocenters. The molecule has 2 fully saturated rings. The quantitative estimate of drug-likeness (QED) is 0.380. The standard InChI is InChI=1S/C29H31N5O5/c1-21-2-4-22(5-3-21)29(36)33-14-12-31(13-15-33)25-9-7-24(8-10-25)30-28(35)23-6-11-26(27(20-23)34(37)38)32-16-18-39-19-17-32/h2-11,20H,12-19H2,1H3,(H,30,35). The first-order valence-electron chi connectivity index (χ1n) is 13.0. The highest BCUT2D eigenvalue weighted by Crippen LogP contribution is 2.30. The summed E-state index contributed by atoms with van der Waals surface area (Å²) >= 11 is 0. The predicted octanol–water partition coefficient (Wildman–Crippen LogP) is 3.95. The van der Waals surface area contributed by atoms with E-state index < -0.39 is 10.8 Å². The van der Waals surface area contributed by atoms with Crippen LogP contribution in [0.1, 0.15) is 26.3 Å². The van der Waals surface area contributed by atoms with Crippen molar-refractivity contribution in [2.24, 2.45) is 0 Å². The largest absolute Gasteiger partial charge is 0.378 e. The fraction of sp³-hybridized carbons (Fsp3) is 0.310. The maximum Gasteiger partial charge on any atom is 0.293 e. The van der Waals surface area contributed by atoms with Gasteiger partial charge in [0.2, 0.25) is 0 Å². The van der Waals surface area contributed by atoms with E-state index in [1.165, 1.54) is 6.07 Å². The molecule has 10 nitrogen and oxygen atoms in total. The van der Waals surface area contributed by atoms with Crippen LogP contribution in [0, 0.1) is 17.0 Å². The molecule has 1 N–H and O–H groups in total. The first-order chi connectivity index (χ1) is 18.9. The summed E-state index contributed by atoms with van der Waals surface area (Å²) in [4.78, 5) is 42.9. The Balaban J connectivity index is 1.19. The lowest BCUT2D eigenvalue weighted by Gasteiger charge is -2.36. The number of benzene rings is 3. The molecule has 0 radical (unpaired) electrons. The van der Waals surface area contributed by atoms with E-state index >= 15 is 0 Å². The molecule has 3 aromatic carbocycles. The number of anilines is 3. The van der Waals surface area contributed by atoms with E-state index in [-0.39, 0.29) is 17.2 Å². The maximum absolute atomic E-state index is 12.9. The zero-order chi connectivity index (χ0) is 27.4. The molecule has 2 heterocycles. The Kier molecular flexibility index (Phi) is 7.74. The van der Waals surface area contributed by atoms with Crippen LogP contribution in [-0.2, 0) is 4.74 Å². The second-order valence-corrected chi connectivity index (χ2v) is 9.71. The van der Waals surface area contributed by atoms with Gasteiger partial charge in [-0.15, -0.1) is 0 Å². The van der Waals surface area contributed by atoms with Gasteiger partial charge in [-0.1, -0.05) is 17.7 Å². The van der Waals surface area contributed by atoms with Crippen molar-refractivity contribution < 1.29 is 19.2 Å². The van der Waals surface area contributed by atoms with Crippen LogP contribution in [0.3, 0.4) is 0 Å². The number of hydrogen-bond acceptors (Lipinski definition) is 7. The number of piperazine rings is 1. The van der Waals surface area contributed by atoms with Gasteiger partial charge in [0.1, 0.15) is 5.69 Å². The Morgan fingerprint density at radius 1 is 0.821 bits per heavy atom. The third-order valence-electron chi connectivity index (χ3n) is 7.14. The van der Waals surface area contributed by atoms with Gasteiger partial charge in [-0.3, -0.25) is 19.7 Å². The summed E-state index contributed by atoms with van der Waals surface area (Å²) in [6, 6.07) is 19.7. The molecule has 2 aliphatic rings. The van der Waals surface area contributed by atoms with E-state index in [1.807, 2.05) is 65.3 Å².